The van der Waals surface area contributed by atoms with E-state index in [1.54, 1.807) is 33.3 Å². The quantitative estimate of drug-likeness (QED) is 0.496. The Kier molecular flexibility index (Phi) is 7.59. The zero-order valence-corrected chi connectivity index (χ0v) is 20.1. The first-order valence-corrected chi connectivity index (χ1v) is 11.1. The van der Waals surface area contributed by atoms with E-state index in [1.165, 1.54) is 5.57 Å². The number of hydrogen-bond acceptors (Lipinski definition) is 6. The van der Waals surface area contributed by atoms with E-state index in [0.717, 1.165) is 16.9 Å². The third-order valence-corrected chi connectivity index (χ3v) is 6.13. The maximum Gasteiger partial charge on any atom is 0.132 e. The smallest absolute Gasteiger partial charge is 0.132 e. The van der Waals surface area contributed by atoms with Gasteiger partial charge in [-0.15, -0.1) is 0 Å². The van der Waals surface area contributed by atoms with Gasteiger partial charge in [-0.3, -0.25) is 0 Å². The van der Waals surface area contributed by atoms with Crippen LogP contribution >= 0.6 is 0 Å². The van der Waals surface area contributed by atoms with Crippen molar-refractivity contribution in [2.75, 3.05) is 20.8 Å². The molecule has 0 fully saturated rings. The molecule has 0 radical (unpaired) electrons. The summed E-state index contributed by atoms with van der Waals surface area (Å²) in [7, 11) is 3.27. The lowest BCUT2D eigenvalue weighted by molar-refractivity contribution is 0.208. The first-order valence-electron chi connectivity index (χ1n) is 11.1. The summed E-state index contributed by atoms with van der Waals surface area (Å²) in [5, 5.41) is 31.5. The van der Waals surface area contributed by atoms with E-state index in [1.807, 2.05) is 19.9 Å². The lowest BCUT2D eigenvalue weighted by atomic mass is 9.86. The second kappa shape index (κ2) is 10.2. The van der Waals surface area contributed by atoms with Crippen LogP contribution in [0, 0.1) is 0 Å². The topological polar surface area (TPSA) is 88.4 Å². The van der Waals surface area contributed by atoms with Crippen molar-refractivity contribution in [1.29, 1.82) is 0 Å². The van der Waals surface area contributed by atoms with Crippen LogP contribution in [0.5, 0.6) is 28.7 Å². The second-order valence-corrected chi connectivity index (χ2v) is 8.83. The molecule has 2 aromatic carbocycles. The van der Waals surface area contributed by atoms with E-state index in [0.29, 0.717) is 47.6 Å². The summed E-state index contributed by atoms with van der Waals surface area (Å²) in [4.78, 5) is 0. The Bertz CT molecular complexity index is 1070. The third-order valence-electron chi connectivity index (χ3n) is 6.13. The van der Waals surface area contributed by atoms with Crippen molar-refractivity contribution in [3.63, 3.8) is 0 Å². The number of aliphatic hydroxyl groups excluding tert-OH is 1. The lowest BCUT2D eigenvalue weighted by Crippen LogP contribution is -2.21. The van der Waals surface area contributed by atoms with Gasteiger partial charge in [0.1, 0.15) is 28.7 Å². The highest BCUT2D eigenvalue weighted by Gasteiger charge is 2.30. The van der Waals surface area contributed by atoms with Gasteiger partial charge in [-0.05, 0) is 39.7 Å². The van der Waals surface area contributed by atoms with Gasteiger partial charge in [-0.25, -0.2) is 0 Å². The molecule has 0 amide bonds. The summed E-state index contributed by atoms with van der Waals surface area (Å²) in [6.07, 6.45) is 2.60. The number of hydrogen-bond donors (Lipinski definition) is 3. The van der Waals surface area contributed by atoms with Crippen LogP contribution in [0.15, 0.2) is 42.0 Å². The molecule has 2 atom stereocenters. The van der Waals surface area contributed by atoms with Gasteiger partial charge in [0.15, 0.2) is 0 Å². The molecular formula is C27H34O6. The van der Waals surface area contributed by atoms with E-state index in [2.05, 4.69) is 12.7 Å². The third kappa shape index (κ3) is 5.11. The predicted octanol–water partition coefficient (Wildman–Crippen LogP) is 4.82. The summed E-state index contributed by atoms with van der Waals surface area (Å²) < 4.78 is 17.5. The van der Waals surface area contributed by atoms with Crippen LogP contribution in [0.2, 0.25) is 0 Å². The molecule has 1 heterocycles. The first-order chi connectivity index (χ1) is 15.7. The van der Waals surface area contributed by atoms with E-state index < -0.39 is 6.10 Å². The minimum Gasteiger partial charge on any atom is -0.508 e. The SMILES string of the molecule is C=C(C)[C@@H](O)Cc1c(O)ccc([C@@H]2COc3cc(OC)c(CC=C(C)C)c(OC)c3C2)c1O. The number of ether oxygens (including phenoxy) is 3. The lowest BCUT2D eigenvalue weighted by Gasteiger charge is -2.30. The van der Waals surface area contributed by atoms with Gasteiger partial charge in [-0.2, -0.15) is 0 Å². The molecule has 3 N–H and O–H groups in total. The maximum absolute atomic E-state index is 11.0. The molecule has 33 heavy (non-hydrogen) atoms. The molecule has 2 aromatic rings. The number of fused-ring (bicyclic) bond motifs is 1. The Balaban J connectivity index is 2.02. The molecule has 0 bridgehead atoms. The highest BCUT2D eigenvalue weighted by atomic mass is 16.5. The number of rotatable bonds is 8. The fourth-order valence-corrected chi connectivity index (χ4v) is 4.19. The molecular weight excluding hydrogens is 420 g/mol. The number of allylic oxidation sites excluding steroid dienone is 2. The van der Waals surface area contributed by atoms with Gasteiger partial charge in [0, 0.05) is 40.7 Å². The molecule has 0 unspecified atom stereocenters. The van der Waals surface area contributed by atoms with Gasteiger partial charge in [-0.1, -0.05) is 29.9 Å². The molecule has 0 saturated heterocycles. The highest BCUT2D eigenvalue weighted by molar-refractivity contribution is 5.60. The van der Waals surface area contributed by atoms with Crippen LogP contribution in [-0.2, 0) is 19.3 Å². The van der Waals surface area contributed by atoms with Crippen molar-refractivity contribution < 1.29 is 29.5 Å². The number of phenolic OH excluding ortho intramolecular Hbond substituents is 2. The standard InChI is InChI=1S/C27H34O6/c1-15(2)7-8-19-24(31-5)13-25-21(27(19)32-6)11-17(14-33-25)18-9-10-22(28)20(26(18)30)12-23(29)16(3)4/h7,9-10,13,17,23,28-30H,3,8,11-12,14H2,1-2,4-6H3/t17-,23-/m0/s1. The van der Waals surface area contributed by atoms with E-state index >= 15 is 0 Å². The molecule has 178 valence electrons. The van der Waals surface area contributed by atoms with Crippen LogP contribution in [0.3, 0.4) is 0 Å². The van der Waals surface area contributed by atoms with Crippen molar-refractivity contribution >= 4 is 0 Å². The Labute approximate surface area is 195 Å². The van der Waals surface area contributed by atoms with E-state index in [4.69, 9.17) is 14.2 Å². The van der Waals surface area contributed by atoms with Crippen LogP contribution in [0.25, 0.3) is 0 Å². The maximum atomic E-state index is 11.0. The molecule has 0 aromatic heterocycles. The van der Waals surface area contributed by atoms with Crippen LogP contribution in [-0.4, -0.2) is 42.3 Å². The number of aromatic hydroxyl groups is 2. The molecule has 0 spiro atoms. The summed E-state index contributed by atoms with van der Waals surface area (Å²) in [5.74, 6) is 1.91. The number of aliphatic hydroxyl groups is 1. The van der Waals surface area contributed by atoms with Crippen molar-refractivity contribution in [2.24, 2.45) is 0 Å². The van der Waals surface area contributed by atoms with Gasteiger partial charge < -0.3 is 29.5 Å². The summed E-state index contributed by atoms with van der Waals surface area (Å²) in [5.41, 5.74) is 4.60. The Morgan fingerprint density at radius 1 is 1.18 bits per heavy atom. The molecule has 3 rings (SSSR count). The fourth-order valence-electron chi connectivity index (χ4n) is 4.19. The van der Waals surface area contributed by atoms with E-state index in [9.17, 15) is 15.3 Å². The molecule has 0 aliphatic carbocycles. The van der Waals surface area contributed by atoms with Crippen molar-refractivity contribution in [3.8, 4) is 28.7 Å². The summed E-state index contributed by atoms with van der Waals surface area (Å²) in [6.45, 7) is 9.91. The fraction of sp³-hybridized carbons (Fsp3) is 0.407. The molecule has 0 saturated carbocycles. The zero-order chi connectivity index (χ0) is 24.3. The Morgan fingerprint density at radius 3 is 2.52 bits per heavy atom. The minimum atomic E-state index is -0.856. The van der Waals surface area contributed by atoms with Gasteiger partial charge in [0.2, 0.25) is 0 Å². The van der Waals surface area contributed by atoms with Gasteiger partial charge >= 0.3 is 0 Å². The molecule has 1 aliphatic rings. The Hall–Kier alpha value is -3.12. The average molecular weight is 455 g/mol. The molecule has 6 heteroatoms. The largest absolute Gasteiger partial charge is 0.508 e. The minimum absolute atomic E-state index is 0.0235. The molecule has 6 nitrogen and oxygen atoms in total. The summed E-state index contributed by atoms with van der Waals surface area (Å²) in [6, 6.07) is 5.16. The van der Waals surface area contributed by atoms with Gasteiger partial charge in [0.05, 0.1) is 26.9 Å². The van der Waals surface area contributed by atoms with Crippen molar-refractivity contribution in [2.45, 2.75) is 52.1 Å². The summed E-state index contributed by atoms with van der Waals surface area (Å²) >= 11 is 0. The van der Waals surface area contributed by atoms with E-state index in [-0.39, 0.29) is 23.8 Å². The zero-order valence-electron chi connectivity index (χ0n) is 20.1. The van der Waals surface area contributed by atoms with Crippen LogP contribution < -0.4 is 14.2 Å². The van der Waals surface area contributed by atoms with Crippen LogP contribution in [0.4, 0.5) is 0 Å². The Morgan fingerprint density at radius 2 is 1.91 bits per heavy atom. The predicted molar refractivity (Wildman–Crippen MR) is 129 cm³/mol. The van der Waals surface area contributed by atoms with Crippen molar-refractivity contribution in [3.05, 3.63) is 64.3 Å². The first kappa shape index (κ1) is 24.5. The number of benzene rings is 2. The van der Waals surface area contributed by atoms with Crippen LogP contribution in [0.1, 0.15) is 48.9 Å². The second-order valence-electron chi connectivity index (χ2n) is 8.83. The van der Waals surface area contributed by atoms with Crippen molar-refractivity contribution in [1.82, 2.24) is 0 Å². The monoisotopic (exact) mass is 454 g/mol. The normalized spacial score (nSPS) is 15.8. The number of phenols is 2. The molecule has 1 aliphatic heterocycles. The average Bonchev–Trinajstić information content (AvgIpc) is 2.78. The highest BCUT2D eigenvalue weighted by Crippen LogP contribution is 2.46. The van der Waals surface area contributed by atoms with Gasteiger partial charge in [0.25, 0.3) is 0 Å². The number of methoxy groups -OCH3 is 2.